The Balaban J connectivity index is 1.80. The van der Waals surface area contributed by atoms with Gasteiger partial charge in [-0.05, 0) is 41.8 Å². The average Bonchev–Trinajstić information content (AvgIpc) is 3.20. The highest BCUT2D eigenvalue weighted by Gasteiger charge is 2.20. The van der Waals surface area contributed by atoms with Crippen LogP contribution >= 0.6 is 34.5 Å². The van der Waals surface area contributed by atoms with Crippen molar-refractivity contribution in [3.05, 3.63) is 70.0 Å². The first-order valence-electron chi connectivity index (χ1n) is 7.97. The Morgan fingerprint density at radius 3 is 2.25 bits per heavy atom. The second-order valence-electron chi connectivity index (χ2n) is 5.70. The lowest BCUT2D eigenvalue weighted by atomic mass is 10.3. The van der Waals surface area contributed by atoms with E-state index in [4.69, 9.17) is 23.2 Å². The number of hydrogen-bond donors (Lipinski definition) is 2. The van der Waals surface area contributed by atoms with Gasteiger partial charge in [0, 0.05) is 5.02 Å². The molecule has 0 amide bonds. The predicted molar refractivity (Wildman–Crippen MR) is 114 cm³/mol. The number of nitrogens with zero attached hydrogens (tertiary/aromatic N) is 2. The van der Waals surface area contributed by atoms with Crippen molar-refractivity contribution in [1.82, 2.24) is 9.97 Å². The number of para-hydroxylation sites is 2. The maximum Gasteiger partial charge on any atom is 0.272 e. The number of rotatable bonds is 5. The van der Waals surface area contributed by atoms with Gasteiger partial charge in [-0.15, -0.1) is 11.3 Å². The number of anilines is 3. The molecule has 0 atom stereocenters. The number of thiophene rings is 1. The van der Waals surface area contributed by atoms with Gasteiger partial charge in [0.25, 0.3) is 10.0 Å². The van der Waals surface area contributed by atoms with E-state index in [9.17, 15) is 8.42 Å². The average molecular weight is 451 g/mol. The van der Waals surface area contributed by atoms with Crippen molar-refractivity contribution in [2.75, 3.05) is 10.0 Å². The molecule has 0 spiro atoms. The second-order valence-corrected chi connectivity index (χ2v) is 9.40. The summed E-state index contributed by atoms with van der Waals surface area (Å²) >= 11 is 13.3. The molecule has 0 bridgehead atoms. The second kappa shape index (κ2) is 7.56. The number of hydrogen-bond acceptors (Lipinski definition) is 6. The van der Waals surface area contributed by atoms with Crippen molar-refractivity contribution in [3.8, 4) is 0 Å². The van der Waals surface area contributed by atoms with E-state index in [2.05, 4.69) is 20.0 Å². The van der Waals surface area contributed by atoms with Gasteiger partial charge in [0.1, 0.15) is 4.21 Å². The van der Waals surface area contributed by atoms with Gasteiger partial charge in [-0.2, -0.15) is 0 Å². The van der Waals surface area contributed by atoms with Crippen molar-refractivity contribution in [2.45, 2.75) is 4.21 Å². The Kier molecular flexibility index (Phi) is 5.11. The van der Waals surface area contributed by atoms with Crippen LogP contribution in [0.5, 0.6) is 0 Å². The fourth-order valence-electron chi connectivity index (χ4n) is 2.47. The quantitative estimate of drug-likeness (QED) is 0.416. The van der Waals surface area contributed by atoms with Crippen LogP contribution in [0.15, 0.2) is 64.2 Å². The molecule has 0 saturated carbocycles. The zero-order chi connectivity index (χ0) is 19.7. The molecule has 0 radical (unpaired) electrons. The van der Waals surface area contributed by atoms with Gasteiger partial charge < -0.3 is 5.32 Å². The summed E-state index contributed by atoms with van der Waals surface area (Å²) in [6, 6.07) is 15.3. The highest BCUT2D eigenvalue weighted by molar-refractivity contribution is 7.94. The number of halogens is 2. The predicted octanol–water partition coefficient (Wildman–Crippen LogP) is 5.54. The van der Waals surface area contributed by atoms with E-state index in [1.807, 2.05) is 6.07 Å². The molecular formula is C18H12Cl2N4O2S2. The van der Waals surface area contributed by atoms with E-state index in [1.54, 1.807) is 47.8 Å². The minimum Gasteiger partial charge on any atom is -0.336 e. The van der Waals surface area contributed by atoms with Gasteiger partial charge in [0.05, 0.1) is 21.7 Å². The molecule has 4 aromatic rings. The van der Waals surface area contributed by atoms with Crippen molar-refractivity contribution in [2.24, 2.45) is 0 Å². The summed E-state index contributed by atoms with van der Waals surface area (Å²) in [6.45, 7) is 0. The summed E-state index contributed by atoms with van der Waals surface area (Å²) in [7, 11) is -3.80. The van der Waals surface area contributed by atoms with Crippen molar-refractivity contribution < 1.29 is 8.42 Å². The van der Waals surface area contributed by atoms with Crippen molar-refractivity contribution in [3.63, 3.8) is 0 Å². The normalized spacial score (nSPS) is 11.5. The molecule has 0 aliphatic rings. The minimum atomic E-state index is -3.80. The van der Waals surface area contributed by atoms with Gasteiger partial charge in [-0.1, -0.05) is 41.4 Å². The third-order valence-electron chi connectivity index (χ3n) is 3.75. The Labute approximate surface area is 175 Å². The van der Waals surface area contributed by atoms with Crippen LogP contribution in [0.4, 0.5) is 17.3 Å². The number of benzene rings is 2. The summed E-state index contributed by atoms with van der Waals surface area (Å²) in [6.07, 6.45) is 0. The van der Waals surface area contributed by atoms with Crippen LogP contribution in [0.2, 0.25) is 10.0 Å². The van der Waals surface area contributed by atoms with Crippen molar-refractivity contribution >= 4 is 72.9 Å². The van der Waals surface area contributed by atoms with Gasteiger partial charge >= 0.3 is 0 Å². The monoisotopic (exact) mass is 450 g/mol. The Hall–Kier alpha value is -2.39. The molecule has 2 aromatic carbocycles. The zero-order valence-electron chi connectivity index (χ0n) is 14.1. The van der Waals surface area contributed by atoms with Gasteiger partial charge in [-0.3, -0.25) is 4.72 Å². The van der Waals surface area contributed by atoms with Gasteiger partial charge in [0.15, 0.2) is 11.6 Å². The summed E-state index contributed by atoms with van der Waals surface area (Å²) in [5, 5.41) is 5.58. The lowest BCUT2D eigenvalue weighted by molar-refractivity contribution is 0.603. The lowest BCUT2D eigenvalue weighted by Crippen LogP contribution is -2.15. The van der Waals surface area contributed by atoms with Gasteiger partial charge in [0.2, 0.25) is 0 Å². The standard InChI is InChI=1S/C18H12Cl2N4O2S2/c19-11-7-8-13(12(20)10-11)21-17-18(23-15-5-2-1-4-14(15)22-17)24-28(25,26)16-6-3-9-27-16/h1-10H,(H,21,22)(H,23,24). The Morgan fingerprint density at radius 2 is 1.61 bits per heavy atom. The van der Waals surface area contributed by atoms with Crippen LogP contribution in [-0.4, -0.2) is 18.4 Å². The molecule has 0 fully saturated rings. The number of nitrogens with one attached hydrogen (secondary N) is 2. The summed E-state index contributed by atoms with van der Waals surface area (Å²) in [4.78, 5) is 8.94. The third-order valence-corrected chi connectivity index (χ3v) is 7.03. The molecular weight excluding hydrogens is 439 g/mol. The highest BCUT2D eigenvalue weighted by Crippen LogP contribution is 2.32. The molecule has 0 aliphatic heterocycles. The fourth-order valence-corrected chi connectivity index (χ4v) is 4.93. The van der Waals surface area contributed by atoms with E-state index in [0.717, 1.165) is 11.3 Å². The van der Waals surface area contributed by atoms with Crippen LogP contribution in [-0.2, 0) is 10.0 Å². The summed E-state index contributed by atoms with van der Waals surface area (Å²) < 4.78 is 28.0. The molecule has 6 nitrogen and oxygen atoms in total. The number of sulfonamides is 1. The molecule has 0 unspecified atom stereocenters. The molecule has 4 rings (SSSR count). The molecule has 0 saturated heterocycles. The van der Waals surface area contributed by atoms with E-state index >= 15 is 0 Å². The maximum absolute atomic E-state index is 12.7. The molecule has 2 N–H and O–H groups in total. The SMILES string of the molecule is O=S(=O)(Nc1nc2ccccc2nc1Nc1ccc(Cl)cc1Cl)c1cccs1. The van der Waals surface area contributed by atoms with E-state index < -0.39 is 10.0 Å². The maximum atomic E-state index is 12.7. The van der Waals surface area contributed by atoms with E-state index in [0.29, 0.717) is 26.8 Å². The van der Waals surface area contributed by atoms with Crippen LogP contribution < -0.4 is 10.0 Å². The van der Waals surface area contributed by atoms with Gasteiger partial charge in [-0.25, -0.2) is 18.4 Å². The van der Waals surface area contributed by atoms with Crippen LogP contribution in [0.3, 0.4) is 0 Å². The zero-order valence-corrected chi connectivity index (χ0v) is 17.2. The lowest BCUT2D eigenvalue weighted by Gasteiger charge is -2.14. The molecule has 142 valence electrons. The molecule has 28 heavy (non-hydrogen) atoms. The molecule has 2 aromatic heterocycles. The molecule has 2 heterocycles. The summed E-state index contributed by atoms with van der Waals surface area (Å²) in [5.74, 6) is 0.293. The largest absolute Gasteiger partial charge is 0.336 e. The fraction of sp³-hybridized carbons (Fsp3) is 0. The number of fused-ring (bicyclic) bond motifs is 1. The molecule has 10 heteroatoms. The molecule has 0 aliphatic carbocycles. The Bertz CT molecular complexity index is 1260. The topological polar surface area (TPSA) is 84.0 Å². The Morgan fingerprint density at radius 1 is 0.893 bits per heavy atom. The first kappa shape index (κ1) is 18.9. The number of aromatic nitrogens is 2. The third kappa shape index (κ3) is 3.90. The highest BCUT2D eigenvalue weighted by atomic mass is 35.5. The van der Waals surface area contributed by atoms with Crippen LogP contribution in [0.25, 0.3) is 11.0 Å². The van der Waals surface area contributed by atoms with Crippen LogP contribution in [0, 0.1) is 0 Å². The van der Waals surface area contributed by atoms with E-state index in [1.165, 1.54) is 6.07 Å². The first-order valence-corrected chi connectivity index (χ1v) is 11.1. The van der Waals surface area contributed by atoms with E-state index in [-0.39, 0.29) is 15.8 Å². The summed E-state index contributed by atoms with van der Waals surface area (Å²) in [5.41, 5.74) is 1.68. The smallest absolute Gasteiger partial charge is 0.272 e. The minimum absolute atomic E-state index is 0.0677. The first-order chi connectivity index (χ1) is 13.4. The van der Waals surface area contributed by atoms with Crippen molar-refractivity contribution in [1.29, 1.82) is 0 Å². The van der Waals surface area contributed by atoms with Crippen LogP contribution in [0.1, 0.15) is 0 Å².